The average molecular weight is 288 g/mol. The Kier molecular flexibility index (Phi) is 4.87. The highest BCUT2D eigenvalue weighted by molar-refractivity contribution is 5.67. The molecule has 4 nitrogen and oxygen atoms in total. The van der Waals surface area contributed by atoms with Crippen LogP contribution >= 0.6 is 0 Å². The zero-order valence-corrected chi connectivity index (χ0v) is 11.8. The van der Waals surface area contributed by atoms with Crippen LogP contribution in [0.2, 0.25) is 0 Å². The van der Waals surface area contributed by atoms with Gasteiger partial charge in [0, 0.05) is 25.0 Å². The molecule has 1 heterocycles. The first kappa shape index (κ1) is 15.0. The van der Waals surface area contributed by atoms with Crippen LogP contribution in [0.25, 0.3) is 0 Å². The summed E-state index contributed by atoms with van der Waals surface area (Å²) in [6.07, 6.45) is 2.76. The monoisotopic (exact) mass is 288 g/mol. The van der Waals surface area contributed by atoms with Gasteiger partial charge in [0.05, 0.1) is 12.6 Å². The van der Waals surface area contributed by atoms with Gasteiger partial charge in [-0.1, -0.05) is 17.7 Å². The molecular weight excluding hydrogens is 271 g/mol. The van der Waals surface area contributed by atoms with E-state index >= 15 is 0 Å². The highest BCUT2D eigenvalue weighted by Gasteiger charge is 2.10. The van der Waals surface area contributed by atoms with Crippen molar-refractivity contribution in [2.24, 2.45) is 0 Å². The third-order valence-corrected chi connectivity index (χ3v) is 3.13. The van der Waals surface area contributed by atoms with Gasteiger partial charge in [0.1, 0.15) is 5.82 Å². The molecule has 1 aromatic heterocycles. The van der Waals surface area contributed by atoms with Crippen molar-refractivity contribution in [3.63, 3.8) is 0 Å². The van der Waals surface area contributed by atoms with Crippen molar-refractivity contribution in [3.8, 4) is 0 Å². The van der Waals surface area contributed by atoms with Gasteiger partial charge in [0.15, 0.2) is 0 Å². The zero-order valence-electron chi connectivity index (χ0n) is 11.8. The molecule has 0 aliphatic heterocycles. The fourth-order valence-electron chi connectivity index (χ4n) is 2.05. The maximum absolute atomic E-state index is 13.2. The molecule has 2 aromatic rings. The third-order valence-electron chi connectivity index (χ3n) is 3.13. The number of halogens is 1. The SMILES string of the molecule is Cc1ccc(N(CCC(=O)O)Cc2cncc(F)c2)cc1. The highest BCUT2D eigenvalue weighted by Crippen LogP contribution is 2.18. The van der Waals surface area contributed by atoms with Crippen molar-refractivity contribution in [1.29, 1.82) is 0 Å². The Bertz CT molecular complexity index is 614. The summed E-state index contributed by atoms with van der Waals surface area (Å²) in [6.45, 7) is 2.76. The van der Waals surface area contributed by atoms with E-state index in [1.54, 1.807) is 6.20 Å². The minimum Gasteiger partial charge on any atom is -0.481 e. The maximum Gasteiger partial charge on any atom is 0.305 e. The van der Waals surface area contributed by atoms with Gasteiger partial charge in [0.25, 0.3) is 0 Å². The lowest BCUT2D eigenvalue weighted by atomic mass is 10.2. The van der Waals surface area contributed by atoms with Crippen LogP contribution in [0.15, 0.2) is 42.7 Å². The number of nitrogens with zero attached hydrogens (tertiary/aromatic N) is 2. The number of aromatic nitrogens is 1. The van der Waals surface area contributed by atoms with Crippen LogP contribution in [0.5, 0.6) is 0 Å². The van der Waals surface area contributed by atoms with E-state index in [9.17, 15) is 9.18 Å². The van der Waals surface area contributed by atoms with Gasteiger partial charge in [-0.25, -0.2) is 4.39 Å². The van der Waals surface area contributed by atoms with E-state index in [0.717, 1.165) is 17.4 Å². The number of benzene rings is 1. The highest BCUT2D eigenvalue weighted by atomic mass is 19.1. The average Bonchev–Trinajstić information content (AvgIpc) is 2.44. The Morgan fingerprint density at radius 2 is 2.00 bits per heavy atom. The van der Waals surface area contributed by atoms with Crippen molar-refractivity contribution >= 4 is 11.7 Å². The van der Waals surface area contributed by atoms with Crippen molar-refractivity contribution in [2.45, 2.75) is 19.9 Å². The van der Waals surface area contributed by atoms with Crippen LogP contribution in [0, 0.1) is 12.7 Å². The van der Waals surface area contributed by atoms with E-state index in [2.05, 4.69) is 4.98 Å². The number of aryl methyl sites for hydroxylation is 1. The standard InChI is InChI=1S/C16H17FN2O2/c1-12-2-4-15(5-3-12)19(7-6-16(20)21)11-13-8-14(17)10-18-9-13/h2-5,8-10H,6-7,11H2,1H3,(H,20,21). The molecule has 0 radical (unpaired) electrons. The molecule has 0 spiro atoms. The number of pyridine rings is 1. The summed E-state index contributed by atoms with van der Waals surface area (Å²) in [6, 6.07) is 9.21. The summed E-state index contributed by atoms with van der Waals surface area (Å²) in [7, 11) is 0. The second kappa shape index (κ2) is 6.83. The van der Waals surface area contributed by atoms with Gasteiger partial charge < -0.3 is 10.0 Å². The molecule has 0 unspecified atom stereocenters. The number of hydrogen-bond acceptors (Lipinski definition) is 3. The first-order chi connectivity index (χ1) is 10.0. The Labute approximate surface area is 122 Å². The lowest BCUT2D eigenvalue weighted by Crippen LogP contribution is -2.25. The Morgan fingerprint density at radius 3 is 2.62 bits per heavy atom. The summed E-state index contributed by atoms with van der Waals surface area (Å²) in [5.74, 6) is -1.25. The van der Waals surface area contributed by atoms with Crippen LogP contribution in [0.1, 0.15) is 17.5 Å². The number of carbonyl (C=O) groups is 1. The van der Waals surface area contributed by atoms with Crippen LogP contribution in [0.3, 0.4) is 0 Å². The van der Waals surface area contributed by atoms with Crippen molar-refractivity contribution in [1.82, 2.24) is 4.98 Å². The number of carboxylic acid groups (broad SMARTS) is 1. The lowest BCUT2D eigenvalue weighted by molar-refractivity contribution is -0.136. The van der Waals surface area contributed by atoms with Crippen molar-refractivity contribution in [3.05, 3.63) is 59.7 Å². The van der Waals surface area contributed by atoms with E-state index in [0.29, 0.717) is 18.7 Å². The number of carboxylic acids is 1. The first-order valence-corrected chi connectivity index (χ1v) is 6.67. The molecule has 0 fully saturated rings. The van der Waals surface area contributed by atoms with Gasteiger partial charge in [-0.2, -0.15) is 0 Å². The fourth-order valence-corrected chi connectivity index (χ4v) is 2.05. The molecule has 1 aromatic carbocycles. The molecule has 0 aliphatic rings. The van der Waals surface area contributed by atoms with Gasteiger partial charge in [-0.05, 0) is 30.7 Å². The first-order valence-electron chi connectivity index (χ1n) is 6.67. The molecule has 0 amide bonds. The normalized spacial score (nSPS) is 10.4. The fraction of sp³-hybridized carbons (Fsp3) is 0.250. The molecule has 5 heteroatoms. The largest absolute Gasteiger partial charge is 0.481 e. The number of anilines is 1. The molecule has 0 aliphatic carbocycles. The second-order valence-electron chi connectivity index (χ2n) is 4.91. The molecule has 2 rings (SSSR count). The third kappa shape index (κ3) is 4.56. The Morgan fingerprint density at radius 1 is 1.29 bits per heavy atom. The molecule has 1 N–H and O–H groups in total. The van der Waals surface area contributed by atoms with Crippen LogP contribution in [-0.4, -0.2) is 22.6 Å². The second-order valence-corrected chi connectivity index (χ2v) is 4.91. The van der Waals surface area contributed by atoms with E-state index in [-0.39, 0.29) is 6.42 Å². The van der Waals surface area contributed by atoms with Gasteiger partial charge >= 0.3 is 5.97 Å². The predicted molar refractivity (Wildman–Crippen MR) is 78.7 cm³/mol. The minimum atomic E-state index is -0.857. The number of rotatable bonds is 6. The van der Waals surface area contributed by atoms with Gasteiger partial charge in [0.2, 0.25) is 0 Å². The zero-order chi connectivity index (χ0) is 15.2. The maximum atomic E-state index is 13.2. The van der Waals surface area contributed by atoms with Crippen molar-refractivity contribution in [2.75, 3.05) is 11.4 Å². The Hall–Kier alpha value is -2.43. The summed E-state index contributed by atoms with van der Waals surface area (Å²) in [5, 5.41) is 8.86. The topological polar surface area (TPSA) is 53.4 Å². The van der Waals surface area contributed by atoms with Crippen LogP contribution in [-0.2, 0) is 11.3 Å². The van der Waals surface area contributed by atoms with Gasteiger partial charge in [-0.3, -0.25) is 9.78 Å². The molecule has 21 heavy (non-hydrogen) atoms. The smallest absolute Gasteiger partial charge is 0.305 e. The summed E-state index contributed by atoms with van der Waals surface area (Å²) in [4.78, 5) is 16.5. The predicted octanol–water partition coefficient (Wildman–Crippen LogP) is 3.01. The molecule has 0 atom stereocenters. The molecule has 110 valence electrons. The number of hydrogen-bond donors (Lipinski definition) is 1. The van der Waals surface area contributed by atoms with Crippen LogP contribution < -0.4 is 4.90 Å². The van der Waals surface area contributed by atoms with Gasteiger partial charge in [-0.15, -0.1) is 0 Å². The van der Waals surface area contributed by atoms with Crippen molar-refractivity contribution < 1.29 is 14.3 Å². The quantitative estimate of drug-likeness (QED) is 0.887. The molecular formula is C16H17FN2O2. The van der Waals surface area contributed by atoms with Crippen LogP contribution in [0.4, 0.5) is 10.1 Å². The lowest BCUT2D eigenvalue weighted by Gasteiger charge is -2.24. The summed E-state index contributed by atoms with van der Waals surface area (Å²) < 4.78 is 13.2. The molecule has 0 saturated heterocycles. The van der Waals surface area contributed by atoms with E-state index in [4.69, 9.17) is 5.11 Å². The van der Waals surface area contributed by atoms with E-state index in [1.165, 1.54) is 6.07 Å². The summed E-state index contributed by atoms with van der Waals surface area (Å²) in [5.41, 5.74) is 2.75. The van der Waals surface area contributed by atoms with E-state index in [1.807, 2.05) is 36.1 Å². The summed E-state index contributed by atoms with van der Waals surface area (Å²) >= 11 is 0. The Balaban J connectivity index is 2.19. The minimum absolute atomic E-state index is 0.0244. The number of aliphatic carboxylic acids is 1. The molecule has 0 saturated carbocycles. The molecule has 0 bridgehead atoms. The van der Waals surface area contributed by atoms with E-state index < -0.39 is 11.8 Å².